The van der Waals surface area contributed by atoms with Crippen LogP contribution in [0.25, 0.3) is 88.5 Å². The maximum absolute atomic E-state index is 5.17. The van der Waals surface area contributed by atoms with Crippen LogP contribution in [0.15, 0.2) is 117 Å². The second-order valence-corrected chi connectivity index (χ2v) is 49.2. The molecule has 528 valence electrons. The first-order valence-corrected chi connectivity index (χ1v) is 52.5. The third kappa shape index (κ3) is 28.6. The number of imidazole rings is 4. The molecule has 0 amide bonds. The van der Waals surface area contributed by atoms with E-state index in [1.54, 1.807) is 25.6 Å². The maximum Gasteiger partial charge on any atom is 2.00 e. The van der Waals surface area contributed by atoms with Crippen molar-refractivity contribution in [1.82, 2.24) is 56.5 Å². The number of aryl methyl sites for hydroxylation is 8. The van der Waals surface area contributed by atoms with Gasteiger partial charge in [-0.25, -0.2) is 0 Å². The van der Waals surface area contributed by atoms with Gasteiger partial charge in [0.2, 0.25) is 0 Å². The summed E-state index contributed by atoms with van der Waals surface area (Å²) in [5, 5.41) is 0. The number of nitrogens with zero attached hydrogens (tertiary/aromatic N) is 8. The molecule has 0 radical (unpaired) electrons. The number of hydrogen-bond acceptors (Lipinski definition) is 4. The minimum absolute atomic E-state index is 0. The molecule has 4 aromatic carbocycles. The number of benzene rings is 4. The Labute approximate surface area is 616 Å². The van der Waals surface area contributed by atoms with E-state index in [2.05, 4.69) is 269 Å². The first kappa shape index (κ1) is 88.8. The fraction of sp³-hybridized carbons (Fsp3) is 0.500. The third-order valence-corrected chi connectivity index (χ3v) is 26.8. The third-order valence-electron chi connectivity index (χ3n) is 14.8. The smallest absolute Gasteiger partial charge is 0.575 e. The monoisotopic (exact) mass is 2140 g/mol. The molecule has 8 aromatic heterocycles. The number of rotatable bonds is 12. The van der Waals surface area contributed by atoms with Crippen LogP contribution in [0.4, 0.5) is 0 Å². The van der Waals surface area contributed by atoms with E-state index in [1.165, 1.54) is 93.4 Å². The second-order valence-electron chi connectivity index (χ2n) is 25.9. The SMILES string of the molecule is C[PH+](C)CC[PH+](C)C.C[PH+](C)CC[PH+](C)C.C[PH+](C)CC[PH+](C)C.C[PH+](C)CC[PH+](C)C.Cn1[cH-]n(C)c2cc3c(cc21)n(C)[cH-]n3C.Cn1[cH-]n(C)c2cc3c(cc21)n(C)[cH-]n3C.[Pt+2].[Pt+2].[Pt+2].[Pt+2].c1c2[nH][cH-]oc2cc2o[cH-][nH]c12.c1c2[nH][cH-]oc2cc2o[cH-][nH]c12. The van der Waals surface area contributed by atoms with Gasteiger partial charge in [0.15, 0.2) is 0 Å². The molecule has 92 heavy (non-hydrogen) atoms. The Hall–Kier alpha value is -1.17. The number of aromatic amines is 4. The van der Waals surface area contributed by atoms with E-state index in [0.29, 0.717) is 0 Å². The number of aromatic nitrogens is 12. The van der Waals surface area contributed by atoms with Crippen LogP contribution in [0.5, 0.6) is 0 Å². The Kier molecular flexibility index (Phi) is 42.6. The Morgan fingerprint density at radius 1 is 0.250 bits per heavy atom. The van der Waals surface area contributed by atoms with Crippen LogP contribution in [0.1, 0.15) is 0 Å². The van der Waals surface area contributed by atoms with Gasteiger partial charge in [-0.2, -0.15) is 0 Å². The minimum Gasteiger partial charge on any atom is -0.575 e. The molecular formula is C64H116N12O4P8Pt4+8. The second kappa shape index (κ2) is 44.1. The average Bonchev–Trinajstić information content (AvgIpc) is 1.63. The first-order chi connectivity index (χ1) is 41.5. The summed E-state index contributed by atoms with van der Waals surface area (Å²) in [6.45, 7) is 38.4. The molecule has 12 aromatic rings. The Morgan fingerprint density at radius 2 is 0.391 bits per heavy atom. The van der Waals surface area contributed by atoms with Crippen LogP contribution in [0.3, 0.4) is 0 Å². The molecule has 0 aliphatic rings. The van der Waals surface area contributed by atoms with Crippen molar-refractivity contribution >= 4 is 152 Å². The summed E-state index contributed by atoms with van der Waals surface area (Å²) >= 11 is 0. The van der Waals surface area contributed by atoms with Gasteiger partial charge in [0.1, 0.15) is 0 Å². The van der Waals surface area contributed by atoms with E-state index in [4.69, 9.17) is 17.7 Å². The number of nitrogens with one attached hydrogen (secondary N) is 4. The maximum atomic E-state index is 5.17. The van der Waals surface area contributed by atoms with Gasteiger partial charge in [-0.15, -0.1) is 92.7 Å². The van der Waals surface area contributed by atoms with Gasteiger partial charge in [-0.3, -0.25) is 0 Å². The summed E-state index contributed by atoms with van der Waals surface area (Å²) in [7, 11) is 17.4. The fourth-order valence-electron chi connectivity index (χ4n) is 9.50. The summed E-state index contributed by atoms with van der Waals surface area (Å²) < 4.78 is 37.9. The molecule has 12 rings (SSSR count). The van der Waals surface area contributed by atoms with Gasteiger partial charge in [0, 0.05) is 132 Å². The topological polar surface area (TPSA) is 155 Å². The van der Waals surface area contributed by atoms with Gasteiger partial charge < -0.3 is 74.1 Å². The van der Waals surface area contributed by atoms with Crippen LogP contribution in [0.2, 0.25) is 0 Å². The van der Waals surface area contributed by atoms with E-state index in [9.17, 15) is 0 Å². The van der Waals surface area contributed by atoms with Crippen LogP contribution in [-0.2, 0) is 141 Å². The van der Waals surface area contributed by atoms with Crippen molar-refractivity contribution in [2.24, 2.45) is 56.4 Å². The van der Waals surface area contributed by atoms with Crippen LogP contribution in [0, 0.1) is 0 Å². The number of hydrogen-bond donors (Lipinski definition) is 4. The zero-order valence-electron chi connectivity index (χ0n) is 59.4. The zero-order valence-corrected chi connectivity index (χ0v) is 76.5. The van der Waals surface area contributed by atoms with E-state index in [-0.39, 0.29) is 148 Å². The van der Waals surface area contributed by atoms with Crippen molar-refractivity contribution in [3.8, 4) is 0 Å². The normalized spacial score (nSPS) is 11.0. The molecular weight excluding hydrogens is 2030 g/mol. The molecule has 0 saturated heterocycles. The van der Waals surface area contributed by atoms with Crippen molar-refractivity contribution in [3.05, 3.63) is 99.4 Å². The number of fused-ring (bicyclic) bond motifs is 8. The van der Waals surface area contributed by atoms with Crippen molar-refractivity contribution in [2.75, 3.05) is 156 Å². The van der Waals surface area contributed by atoms with Crippen molar-refractivity contribution < 1.29 is 102 Å². The molecule has 0 fully saturated rings. The molecule has 0 aliphatic heterocycles. The number of H-pyrrole nitrogens is 4. The molecule has 0 atom stereocenters. The van der Waals surface area contributed by atoms with E-state index in [0.717, 1.165) is 44.4 Å². The summed E-state index contributed by atoms with van der Waals surface area (Å²) in [6, 6.07) is 16.5. The molecule has 0 unspecified atom stereocenters. The van der Waals surface area contributed by atoms with E-state index in [1.807, 2.05) is 24.3 Å². The quantitative estimate of drug-likeness (QED) is 0.0710. The first-order valence-electron chi connectivity index (χ1n) is 30.8. The largest absolute Gasteiger partial charge is 2.00 e. The average molecular weight is 2150 g/mol. The van der Waals surface area contributed by atoms with E-state index >= 15 is 0 Å². The van der Waals surface area contributed by atoms with E-state index < -0.39 is 0 Å². The van der Waals surface area contributed by atoms with Crippen LogP contribution >= 0.6 is 63.4 Å². The summed E-state index contributed by atoms with van der Waals surface area (Å²) in [6.07, 6.45) is 26.9. The fourth-order valence-corrected chi connectivity index (χ4v) is 25.5. The predicted molar refractivity (Wildman–Crippen MR) is 420 cm³/mol. The summed E-state index contributed by atoms with van der Waals surface area (Å²) in [5.41, 5.74) is 17.1. The van der Waals surface area contributed by atoms with Crippen LogP contribution < -0.4 is 0 Å². The van der Waals surface area contributed by atoms with Crippen molar-refractivity contribution in [3.63, 3.8) is 0 Å². The predicted octanol–water partition coefficient (Wildman–Crippen LogP) is 16.3. The van der Waals surface area contributed by atoms with Crippen molar-refractivity contribution in [2.45, 2.75) is 0 Å². The van der Waals surface area contributed by atoms with Gasteiger partial charge in [0.25, 0.3) is 0 Å². The molecule has 0 saturated carbocycles. The van der Waals surface area contributed by atoms with Gasteiger partial charge in [0.05, 0.1) is 49.3 Å². The summed E-state index contributed by atoms with van der Waals surface area (Å²) in [4.78, 5) is 11.9. The number of oxazole rings is 4. The molecule has 8 heterocycles. The zero-order chi connectivity index (χ0) is 65.1. The Bertz CT molecular complexity index is 3310. The standard InChI is InChI=1S/2C12H16N4.2C8H6N2O2.4C6H16P2.4Pt/c2*1-13-7-14(2)10-6-12-11(5-9(10)13)15(3)8-16(12)4;2*1-5-7(11-3-9-5)2-8-6(1)10-4-12-8;4*1-7(2)5-6-8(3)4;;;;/h2*5-8H,1-4H3;2*1-4,9-10H;4*5-6H2,1-4H3;;;;/q4*-2;;;;;4*+2/p+8. The van der Waals surface area contributed by atoms with Crippen molar-refractivity contribution in [1.29, 1.82) is 0 Å². The van der Waals surface area contributed by atoms with Gasteiger partial charge in [-0.05, 0) is 167 Å². The minimum atomic E-state index is 0. The van der Waals surface area contributed by atoms with Gasteiger partial charge >= 0.3 is 84.3 Å². The molecule has 0 spiro atoms. The molecule has 0 bridgehead atoms. The Morgan fingerprint density at radius 3 is 0.522 bits per heavy atom. The molecule has 4 N–H and O–H groups in total. The van der Waals surface area contributed by atoms with Gasteiger partial charge in [-0.1, -0.05) is 22.1 Å². The molecule has 16 nitrogen and oxygen atoms in total. The molecule has 0 aliphatic carbocycles. The molecule has 28 heteroatoms. The van der Waals surface area contributed by atoms with Crippen LogP contribution in [-0.4, -0.2) is 212 Å². The summed E-state index contributed by atoms with van der Waals surface area (Å²) in [5.74, 6) is 0. The Balaban J connectivity index is 0.000000532.